The van der Waals surface area contributed by atoms with Crippen LogP contribution in [0.5, 0.6) is 0 Å². The monoisotopic (exact) mass is 452 g/mol. The molecule has 32 heavy (non-hydrogen) atoms. The summed E-state index contributed by atoms with van der Waals surface area (Å²) in [6, 6.07) is 12.6. The molecule has 2 aliphatic heterocycles. The molecule has 2 aliphatic rings. The lowest BCUT2D eigenvalue weighted by Gasteiger charge is -2.36. The van der Waals surface area contributed by atoms with Crippen LogP contribution in [0.1, 0.15) is 58.1 Å². The van der Waals surface area contributed by atoms with Gasteiger partial charge in [-0.1, -0.05) is 44.2 Å². The van der Waals surface area contributed by atoms with E-state index < -0.39 is 0 Å². The quantitative estimate of drug-likeness (QED) is 0.619. The molecule has 172 valence electrons. The lowest BCUT2D eigenvalue weighted by atomic mass is 9.92. The van der Waals surface area contributed by atoms with Crippen molar-refractivity contribution in [2.75, 3.05) is 41.3 Å². The van der Waals surface area contributed by atoms with Crippen LogP contribution in [0.25, 0.3) is 0 Å². The summed E-state index contributed by atoms with van der Waals surface area (Å²) in [4.78, 5) is 14.6. The molecule has 0 aliphatic carbocycles. The zero-order valence-electron chi connectivity index (χ0n) is 19.6. The van der Waals surface area contributed by atoms with Crippen molar-refractivity contribution >= 4 is 34.9 Å². The van der Waals surface area contributed by atoms with E-state index >= 15 is 0 Å². The number of anilines is 3. The largest absolute Gasteiger partial charge is 0.356 e. The number of rotatable bonds is 5. The minimum absolute atomic E-state index is 0.102. The van der Waals surface area contributed by atoms with Gasteiger partial charge in [0.1, 0.15) is 11.6 Å². The van der Waals surface area contributed by atoms with Gasteiger partial charge in [0.05, 0.1) is 6.04 Å². The Labute approximate surface area is 197 Å². The van der Waals surface area contributed by atoms with Crippen molar-refractivity contribution in [1.29, 1.82) is 0 Å². The molecule has 2 fully saturated rings. The highest BCUT2D eigenvalue weighted by Crippen LogP contribution is 2.29. The van der Waals surface area contributed by atoms with Gasteiger partial charge >= 0.3 is 0 Å². The molecule has 3 atom stereocenters. The predicted molar refractivity (Wildman–Crippen MR) is 137 cm³/mol. The van der Waals surface area contributed by atoms with Crippen molar-refractivity contribution in [1.82, 2.24) is 15.3 Å². The van der Waals surface area contributed by atoms with Crippen LogP contribution in [0, 0.1) is 11.8 Å². The molecule has 6 nitrogen and oxygen atoms in total. The van der Waals surface area contributed by atoms with Crippen molar-refractivity contribution in [2.45, 2.75) is 52.5 Å². The van der Waals surface area contributed by atoms with Crippen LogP contribution in [0.15, 0.2) is 36.4 Å². The summed E-state index contributed by atoms with van der Waals surface area (Å²) < 4.78 is 0. The van der Waals surface area contributed by atoms with E-state index in [2.05, 4.69) is 59.4 Å². The van der Waals surface area contributed by atoms with Gasteiger partial charge in [-0.3, -0.25) is 0 Å². The second kappa shape index (κ2) is 10.5. The molecule has 1 aromatic heterocycles. The first kappa shape index (κ1) is 22.8. The lowest BCUT2D eigenvalue weighted by Crippen LogP contribution is -2.40. The molecule has 0 bridgehead atoms. The van der Waals surface area contributed by atoms with Crippen molar-refractivity contribution < 1.29 is 0 Å². The SMILES string of the molecule is C[C@@H]1C[C@@H](C)CN(c2cc(N3CCCCC3)nc(NC(=S)N[C@H](C)c3ccccc3)n2)C1. The number of piperidine rings is 2. The summed E-state index contributed by atoms with van der Waals surface area (Å²) in [5, 5.41) is 7.18. The van der Waals surface area contributed by atoms with Gasteiger partial charge in [0.25, 0.3) is 0 Å². The zero-order valence-corrected chi connectivity index (χ0v) is 20.4. The molecule has 0 unspecified atom stereocenters. The fraction of sp³-hybridized carbons (Fsp3) is 0.560. The summed E-state index contributed by atoms with van der Waals surface area (Å²) in [6.45, 7) is 10.9. The summed E-state index contributed by atoms with van der Waals surface area (Å²) in [5.74, 6) is 3.91. The fourth-order valence-electron chi connectivity index (χ4n) is 4.93. The van der Waals surface area contributed by atoms with Crippen LogP contribution in [-0.4, -0.2) is 41.3 Å². The Hall–Kier alpha value is -2.41. The number of nitrogens with zero attached hydrogens (tertiary/aromatic N) is 4. The molecule has 0 spiro atoms. The highest BCUT2D eigenvalue weighted by atomic mass is 32.1. The van der Waals surface area contributed by atoms with Gasteiger partial charge in [0.15, 0.2) is 5.11 Å². The molecular weight excluding hydrogens is 416 g/mol. The molecule has 0 saturated carbocycles. The smallest absolute Gasteiger partial charge is 0.232 e. The van der Waals surface area contributed by atoms with Crippen LogP contribution in [0.4, 0.5) is 17.6 Å². The maximum absolute atomic E-state index is 5.62. The van der Waals surface area contributed by atoms with Crippen molar-refractivity contribution in [2.24, 2.45) is 11.8 Å². The molecule has 7 heteroatoms. The first-order valence-electron chi connectivity index (χ1n) is 12.0. The van der Waals surface area contributed by atoms with Gasteiger partial charge in [0.2, 0.25) is 5.95 Å². The van der Waals surface area contributed by atoms with Gasteiger partial charge in [-0.05, 0) is 62.2 Å². The third-order valence-corrected chi connectivity index (χ3v) is 6.66. The van der Waals surface area contributed by atoms with E-state index in [1.165, 1.54) is 31.2 Å². The number of aromatic nitrogens is 2. The third kappa shape index (κ3) is 5.88. The summed E-state index contributed by atoms with van der Waals surface area (Å²) in [7, 11) is 0. The number of benzene rings is 1. The first-order chi connectivity index (χ1) is 15.5. The topological polar surface area (TPSA) is 56.3 Å². The molecule has 2 saturated heterocycles. The Balaban J connectivity index is 1.53. The van der Waals surface area contributed by atoms with Gasteiger partial charge in [-0.15, -0.1) is 0 Å². The molecule has 1 aromatic carbocycles. The van der Waals surface area contributed by atoms with Gasteiger partial charge < -0.3 is 20.4 Å². The zero-order chi connectivity index (χ0) is 22.5. The van der Waals surface area contributed by atoms with E-state index in [4.69, 9.17) is 22.2 Å². The molecule has 2 aromatic rings. The average molecular weight is 453 g/mol. The van der Waals surface area contributed by atoms with Crippen LogP contribution in [0.2, 0.25) is 0 Å². The van der Waals surface area contributed by atoms with Crippen molar-refractivity contribution in [3.05, 3.63) is 42.0 Å². The number of thiocarbonyl (C=S) groups is 1. The molecule has 4 rings (SSSR count). The third-order valence-electron chi connectivity index (χ3n) is 6.44. The van der Waals surface area contributed by atoms with Crippen molar-refractivity contribution in [3.63, 3.8) is 0 Å². The molecule has 0 radical (unpaired) electrons. The van der Waals surface area contributed by atoms with Crippen LogP contribution >= 0.6 is 12.2 Å². The minimum Gasteiger partial charge on any atom is -0.356 e. The second-order valence-corrected chi connectivity index (χ2v) is 9.95. The fourth-order valence-corrected chi connectivity index (χ4v) is 5.20. The normalized spacial score (nSPS) is 22.3. The number of nitrogens with one attached hydrogen (secondary N) is 2. The molecule has 0 amide bonds. The van der Waals surface area contributed by atoms with E-state index in [-0.39, 0.29) is 6.04 Å². The van der Waals surface area contributed by atoms with Crippen LogP contribution in [-0.2, 0) is 0 Å². The maximum Gasteiger partial charge on any atom is 0.232 e. The second-order valence-electron chi connectivity index (χ2n) is 9.54. The highest BCUT2D eigenvalue weighted by Gasteiger charge is 2.25. The Bertz CT molecular complexity index is 889. The van der Waals surface area contributed by atoms with E-state index in [1.54, 1.807) is 0 Å². The minimum atomic E-state index is 0.102. The maximum atomic E-state index is 5.62. The van der Waals surface area contributed by atoms with E-state index in [0.717, 1.165) is 37.8 Å². The Morgan fingerprint density at radius 1 is 0.969 bits per heavy atom. The summed E-state index contributed by atoms with van der Waals surface area (Å²) in [5.41, 5.74) is 1.19. The van der Waals surface area contributed by atoms with Crippen LogP contribution < -0.4 is 20.4 Å². The van der Waals surface area contributed by atoms with Crippen LogP contribution in [0.3, 0.4) is 0 Å². The highest BCUT2D eigenvalue weighted by molar-refractivity contribution is 7.80. The Morgan fingerprint density at radius 2 is 1.59 bits per heavy atom. The Kier molecular flexibility index (Phi) is 7.45. The Morgan fingerprint density at radius 3 is 2.25 bits per heavy atom. The lowest BCUT2D eigenvalue weighted by molar-refractivity contribution is 0.355. The standard InChI is InChI=1S/C25H36N6S/c1-18-14-19(2)17-31(16-18)23-15-22(30-12-8-5-9-13-30)27-24(28-23)29-25(32)26-20(3)21-10-6-4-7-11-21/h4,6-7,10-11,15,18-20H,5,8-9,12-14,16-17H2,1-3H3,(H2,26,27,28,29,32)/t18-,19-,20-/m1/s1. The molecule has 3 heterocycles. The first-order valence-corrected chi connectivity index (χ1v) is 12.4. The van der Waals surface area contributed by atoms with Crippen molar-refractivity contribution in [3.8, 4) is 0 Å². The molecular formula is C25H36N6S. The predicted octanol–water partition coefficient (Wildman–Crippen LogP) is 5.00. The number of hydrogen-bond acceptors (Lipinski definition) is 5. The molecule has 2 N–H and O–H groups in total. The van der Waals surface area contributed by atoms with Gasteiger partial charge in [-0.25, -0.2) is 0 Å². The summed E-state index contributed by atoms with van der Waals surface area (Å²) >= 11 is 5.62. The van der Waals surface area contributed by atoms with Gasteiger partial charge in [0, 0.05) is 32.2 Å². The average Bonchev–Trinajstić information content (AvgIpc) is 2.79. The van der Waals surface area contributed by atoms with E-state index in [1.807, 2.05) is 18.2 Å². The number of hydrogen-bond donors (Lipinski definition) is 2. The summed E-state index contributed by atoms with van der Waals surface area (Å²) in [6.07, 6.45) is 5.01. The van der Waals surface area contributed by atoms with Gasteiger partial charge in [-0.2, -0.15) is 9.97 Å². The van der Waals surface area contributed by atoms with E-state index in [0.29, 0.717) is 22.9 Å². The van der Waals surface area contributed by atoms with E-state index in [9.17, 15) is 0 Å².